The second-order valence-corrected chi connectivity index (χ2v) is 7.82. The summed E-state index contributed by atoms with van der Waals surface area (Å²) in [5.74, 6) is -0.391. The van der Waals surface area contributed by atoms with Gasteiger partial charge in [0.25, 0.3) is 0 Å². The van der Waals surface area contributed by atoms with E-state index in [1.165, 1.54) is 48.8 Å². The third-order valence-corrected chi connectivity index (χ3v) is 5.63. The molecule has 0 bridgehead atoms. The van der Waals surface area contributed by atoms with Crippen molar-refractivity contribution >= 4 is 32.0 Å². The minimum absolute atomic E-state index is 0.0195. The molecule has 2 aromatic heterocycles. The molecule has 9 heteroatoms. The van der Waals surface area contributed by atoms with Crippen LogP contribution in [0.1, 0.15) is 5.56 Å². The number of aryl methyl sites for hydroxylation is 1. The van der Waals surface area contributed by atoms with Crippen LogP contribution < -0.4 is 10.3 Å². The fourth-order valence-corrected chi connectivity index (χ4v) is 3.90. The molecule has 0 spiro atoms. The predicted octanol–water partition coefficient (Wildman–Crippen LogP) is 2.30. The summed E-state index contributed by atoms with van der Waals surface area (Å²) in [7, 11) is -2.12. The molecule has 0 saturated heterocycles. The first-order valence-electron chi connectivity index (χ1n) is 7.97. The van der Waals surface area contributed by atoms with Crippen LogP contribution >= 0.6 is 0 Å². The largest absolute Gasteiger partial charge is 0.421 e. The van der Waals surface area contributed by atoms with Crippen LogP contribution in [0.2, 0.25) is 0 Å². The molecule has 1 N–H and O–H groups in total. The van der Waals surface area contributed by atoms with Crippen LogP contribution in [0.5, 0.6) is 0 Å². The maximum atomic E-state index is 13.0. The predicted molar refractivity (Wildman–Crippen MR) is 97.2 cm³/mol. The molecule has 0 radical (unpaired) electrons. The fourth-order valence-electron chi connectivity index (χ4n) is 2.86. The zero-order valence-corrected chi connectivity index (χ0v) is 15.0. The van der Waals surface area contributed by atoms with Gasteiger partial charge in [0.15, 0.2) is 5.52 Å². The second kappa shape index (κ2) is 6.29. The van der Waals surface area contributed by atoms with Crippen molar-refractivity contribution in [3.63, 3.8) is 0 Å². The zero-order valence-electron chi connectivity index (χ0n) is 14.1. The number of benzene rings is 2. The molecular formula is C18H14FN3O4S. The molecule has 0 aliphatic rings. The normalized spacial score (nSPS) is 12.1. The number of nitrogens with zero attached hydrogens (tertiary/aromatic N) is 2. The van der Waals surface area contributed by atoms with Crippen LogP contribution in [0.3, 0.4) is 0 Å². The molecule has 0 unspecified atom stereocenters. The number of rotatable bonds is 4. The smallest absolute Gasteiger partial charge is 0.364 e. The van der Waals surface area contributed by atoms with Gasteiger partial charge in [-0.15, -0.1) is 0 Å². The minimum Gasteiger partial charge on any atom is -0.421 e. The van der Waals surface area contributed by atoms with E-state index >= 15 is 0 Å². The van der Waals surface area contributed by atoms with Crippen molar-refractivity contribution in [2.45, 2.75) is 11.4 Å². The number of hydrogen-bond donors (Lipinski definition) is 1. The van der Waals surface area contributed by atoms with E-state index in [-0.39, 0.29) is 22.5 Å². The highest BCUT2D eigenvalue weighted by atomic mass is 32.2. The van der Waals surface area contributed by atoms with Gasteiger partial charge in [-0.25, -0.2) is 27.3 Å². The van der Waals surface area contributed by atoms with Crippen molar-refractivity contribution in [1.82, 2.24) is 14.3 Å². The van der Waals surface area contributed by atoms with E-state index < -0.39 is 21.5 Å². The maximum absolute atomic E-state index is 13.0. The summed E-state index contributed by atoms with van der Waals surface area (Å²) < 4.78 is 47.6. The Morgan fingerprint density at radius 3 is 2.67 bits per heavy atom. The van der Waals surface area contributed by atoms with Crippen LogP contribution in [0, 0.1) is 5.82 Å². The molecule has 0 atom stereocenters. The average Bonchev–Trinajstić information content (AvgIpc) is 3.04. The summed E-state index contributed by atoms with van der Waals surface area (Å²) >= 11 is 0. The lowest BCUT2D eigenvalue weighted by Crippen LogP contribution is -2.23. The van der Waals surface area contributed by atoms with E-state index in [0.29, 0.717) is 16.5 Å². The first kappa shape index (κ1) is 17.4. The van der Waals surface area contributed by atoms with Gasteiger partial charge in [0.05, 0.1) is 16.7 Å². The van der Waals surface area contributed by atoms with E-state index in [2.05, 4.69) is 9.71 Å². The van der Waals surface area contributed by atoms with Crippen LogP contribution in [-0.2, 0) is 23.6 Å². The lowest BCUT2D eigenvalue weighted by Gasteiger charge is -2.08. The van der Waals surface area contributed by atoms with Crippen LogP contribution in [0.4, 0.5) is 4.39 Å². The van der Waals surface area contributed by atoms with Gasteiger partial charge in [-0.05, 0) is 35.9 Å². The van der Waals surface area contributed by atoms with E-state index in [4.69, 9.17) is 4.42 Å². The number of hydrogen-bond acceptors (Lipinski definition) is 5. The summed E-state index contributed by atoms with van der Waals surface area (Å²) in [4.78, 5) is 16.0. The number of sulfonamides is 1. The SMILES string of the molecule is Cn1cnc2c(=O)oc3ccc(S(=O)(=O)NCc4ccc(F)cc4)cc3c21. The number of halogens is 1. The lowest BCUT2D eigenvalue weighted by atomic mass is 10.2. The van der Waals surface area contributed by atoms with Crippen LogP contribution in [0.15, 0.2) is 62.9 Å². The standard InChI is InChI=1S/C18H14FN3O4S/c1-22-10-20-16-17(22)14-8-13(6-7-15(14)26-18(16)23)27(24,25)21-9-11-2-4-12(19)5-3-11/h2-8,10,21H,9H2,1H3. The van der Waals surface area contributed by atoms with Gasteiger partial charge < -0.3 is 8.98 Å². The van der Waals surface area contributed by atoms with Crippen molar-refractivity contribution < 1.29 is 17.2 Å². The Bertz CT molecular complexity index is 1320. The van der Waals surface area contributed by atoms with Crippen molar-refractivity contribution in [2.24, 2.45) is 7.05 Å². The molecule has 27 heavy (non-hydrogen) atoms. The van der Waals surface area contributed by atoms with Gasteiger partial charge in [0.2, 0.25) is 10.0 Å². The molecule has 0 fully saturated rings. The van der Waals surface area contributed by atoms with Gasteiger partial charge in [0.1, 0.15) is 11.4 Å². The van der Waals surface area contributed by atoms with Crippen molar-refractivity contribution in [1.29, 1.82) is 0 Å². The number of fused-ring (bicyclic) bond motifs is 3. The highest BCUT2D eigenvalue weighted by molar-refractivity contribution is 7.89. The maximum Gasteiger partial charge on any atom is 0.364 e. The van der Waals surface area contributed by atoms with Gasteiger partial charge in [-0.1, -0.05) is 12.1 Å². The average molecular weight is 387 g/mol. The first-order chi connectivity index (χ1) is 12.8. The molecular weight excluding hydrogens is 373 g/mol. The molecule has 2 heterocycles. The van der Waals surface area contributed by atoms with Crippen molar-refractivity contribution in [2.75, 3.05) is 0 Å². The Morgan fingerprint density at radius 1 is 1.19 bits per heavy atom. The lowest BCUT2D eigenvalue weighted by molar-refractivity contribution is 0.567. The van der Waals surface area contributed by atoms with E-state index in [1.807, 2.05) is 0 Å². The highest BCUT2D eigenvalue weighted by Crippen LogP contribution is 2.25. The summed E-state index contributed by atoms with van der Waals surface area (Å²) in [5, 5.41) is 0.467. The van der Waals surface area contributed by atoms with Crippen molar-refractivity contribution in [3.8, 4) is 0 Å². The van der Waals surface area contributed by atoms with E-state index in [0.717, 1.165) is 0 Å². The highest BCUT2D eigenvalue weighted by Gasteiger charge is 2.18. The first-order valence-corrected chi connectivity index (χ1v) is 9.45. The molecule has 0 aliphatic heterocycles. The quantitative estimate of drug-likeness (QED) is 0.542. The van der Waals surface area contributed by atoms with Crippen molar-refractivity contribution in [3.05, 3.63) is 70.6 Å². The number of nitrogens with one attached hydrogen (secondary N) is 1. The summed E-state index contributed by atoms with van der Waals surface area (Å²) in [6, 6.07) is 9.78. The monoisotopic (exact) mass is 387 g/mol. The third-order valence-electron chi connectivity index (χ3n) is 4.23. The van der Waals surface area contributed by atoms with Crippen LogP contribution in [0.25, 0.3) is 22.0 Å². The molecule has 0 saturated carbocycles. The Kier molecular flexibility index (Phi) is 4.05. The van der Waals surface area contributed by atoms with Gasteiger partial charge in [0, 0.05) is 19.0 Å². The van der Waals surface area contributed by atoms with Gasteiger partial charge >= 0.3 is 5.63 Å². The fraction of sp³-hybridized carbons (Fsp3) is 0.111. The van der Waals surface area contributed by atoms with E-state index in [9.17, 15) is 17.6 Å². The second-order valence-electron chi connectivity index (χ2n) is 6.05. The topological polar surface area (TPSA) is 94.2 Å². The molecule has 4 rings (SSSR count). The Hall–Kier alpha value is -3.04. The Balaban J connectivity index is 1.75. The number of imidazole rings is 1. The summed E-state index contributed by atoms with van der Waals surface area (Å²) in [6.45, 7) is 0.0195. The third kappa shape index (κ3) is 3.11. The van der Waals surface area contributed by atoms with Gasteiger partial charge in [-0.2, -0.15) is 0 Å². The molecule has 7 nitrogen and oxygen atoms in total. The minimum atomic E-state index is -3.83. The zero-order chi connectivity index (χ0) is 19.2. The Labute approximate surface area is 153 Å². The molecule has 4 aromatic rings. The van der Waals surface area contributed by atoms with Crippen LogP contribution in [-0.4, -0.2) is 18.0 Å². The summed E-state index contributed by atoms with van der Waals surface area (Å²) in [6.07, 6.45) is 1.47. The van der Waals surface area contributed by atoms with E-state index in [1.54, 1.807) is 11.6 Å². The summed E-state index contributed by atoms with van der Waals surface area (Å²) in [5.41, 5.74) is 0.952. The molecule has 0 amide bonds. The Morgan fingerprint density at radius 2 is 1.93 bits per heavy atom. The molecule has 2 aromatic carbocycles. The molecule has 0 aliphatic carbocycles. The molecule has 138 valence electrons. The number of aromatic nitrogens is 2. The van der Waals surface area contributed by atoms with Gasteiger partial charge in [-0.3, -0.25) is 0 Å².